The molecule has 3 nitrogen and oxygen atoms in total. The van der Waals surface area contributed by atoms with Crippen LogP contribution in [-0.4, -0.2) is 19.1 Å². The van der Waals surface area contributed by atoms with Crippen molar-refractivity contribution in [3.63, 3.8) is 0 Å². The van der Waals surface area contributed by atoms with Gasteiger partial charge in [-0.1, -0.05) is 142 Å². The van der Waals surface area contributed by atoms with Crippen molar-refractivity contribution < 1.29 is 4.79 Å². The molecule has 0 aliphatic rings. The van der Waals surface area contributed by atoms with Crippen LogP contribution in [0.25, 0.3) is 0 Å². The molecule has 0 aromatic rings. The van der Waals surface area contributed by atoms with Crippen LogP contribution in [0.5, 0.6) is 0 Å². The lowest BCUT2D eigenvalue weighted by Crippen LogP contribution is -2.36. The number of hydrogen-bond donors (Lipinski definition) is 2. The fraction of sp³-hybridized carbons (Fsp3) is 0.963. The third kappa shape index (κ3) is 25.3. The summed E-state index contributed by atoms with van der Waals surface area (Å²) in [6.07, 6.45) is 29.8. The Morgan fingerprint density at radius 3 is 0.900 bits per heavy atom. The highest BCUT2D eigenvalue weighted by Gasteiger charge is 1.99. The van der Waals surface area contributed by atoms with Gasteiger partial charge in [-0.15, -0.1) is 0 Å². The van der Waals surface area contributed by atoms with Crippen molar-refractivity contribution >= 4 is 6.03 Å². The number of rotatable bonds is 24. The Morgan fingerprint density at radius 2 is 0.633 bits per heavy atom. The minimum absolute atomic E-state index is 0.0181. The minimum atomic E-state index is 0.0181. The van der Waals surface area contributed by atoms with E-state index < -0.39 is 0 Å². The Bertz CT molecular complexity index is 333. The van der Waals surface area contributed by atoms with E-state index in [4.69, 9.17) is 0 Å². The molecule has 0 aromatic carbocycles. The monoisotopic (exact) mass is 424 g/mol. The Kier molecular flexibility index (Phi) is 25.7. The molecule has 0 heterocycles. The van der Waals surface area contributed by atoms with Gasteiger partial charge in [-0.25, -0.2) is 4.79 Å². The molecular weight excluding hydrogens is 368 g/mol. The summed E-state index contributed by atoms with van der Waals surface area (Å²) in [5, 5.41) is 5.97. The maximum atomic E-state index is 11.7. The van der Waals surface area contributed by atoms with Crippen LogP contribution < -0.4 is 10.6 Å². The fourth-order valence-corrected chi connectivity index (χ4v) is 4.04. The van der Waals surface area contributed by atoms with Gasteiger partial charge in [0.05, 0.1) is 0 Å². The summed E-state index contributed by atoms with van der Waals surface area (Å²) < 4.78 is 0. The Hall–Kier alpha value is -0.730. The van der Waals surface area contributed by atoms with Crippen molar-refractivity contribution in [1.29, 1.82) is 0 Å². The molecule has 0 radical (unpaired) electrons. The van der Waals surface area contributed by atoms with Gasteiger partial charge in [0.25, 0.3) is 0 Å². The van der Waals surface area contributed by atoms with E-state index in [9.17, 15) is 4.79 Å². The van der Waals surface area contributed by atoms with E-state index in [1.54, 1.807) is 0 Å². The molecule has 0 bridgehead atoms. The smallest absolute Gasteiger partial charge is 0.314 e. The average molecular weight is 425 g/mol. The molecule has 180 valence electrons. The molecule has 0 aromatic heterocycles. The van der Waals surface area contributed by atoms with E-state index in [0.29, 0.717) is 0 Å². The molecule has 0 unspecified atom stereocenters. The topological polar surface area (TPSA) is 41.1 Å². The minimum Gasteiger partial charge on any atom is -0.338 e. The van der Waals surface area contributed by atoms with Crippen LogP contribution in [0.15, 0.2) is 0 Å². The quantitative estimate of drug-likeness (QED) is 0.149. The highest BCUT2D eigenvalue weighted by Crippen LogP contribution is 2.13. The maximum Gasteiger partial charge on any atom is 0.314 e. The fourth-order valence-electron chi connectivity index (χ4n) is 4.04. The number of unbranched alkanes of at least 4 members (excludes halogenated alkanes) is 20. The lowest BCUT2D eigenvalue weighted by Gasteiger charge is -2.07. The van der Waals surface area contributed by atoms with Crippen LogP contribution in [0, 0.1) is 0 Å². The van der Waals surface area contributed by atoms with E-state index in [1.807, 2.05) is 0 Å². The summed E-state index contributed by atoms with van der Waals surface area (Å²) in [6, 6.07) is 0.0181. The molecule has 0 fully saturated rings. The van der Waals surface area contributed by atoms with Gasteiger partial charge in [0.1, 0.15) is 0 Å². The lowest BCUT2D eigenvalue weighted by atomic mass is 10.0. The zero-order valence-electron chi connectivity index (χ0n) is 20.9. The van der Waals surface area contributed by atoms with Gasteiger partial charge in [-0.05, 0) is 12.8 Å². The molecule has 0 saturated carbocycles. The second-order valence-corrected chi connectivity index (χ2v) is 9.25. The highest BCUT2D eigenvalue weighted by molar-refractivity contribution is 5.73. The number of amides is 2. The summed E-state index contributed by atoms with van der Waals surface area (Å²) in [5.74, 6) is 0. The second-order valence-electron chi connectivity index (χ2n) is 9.25. The SMILES string of the molecule is CCCCCCCCCCCCCCCCCCNC(=O)NCCCCCCCC. The molecule has 0 aliphatic heterocycles. The molecule has 2 amide bonds. The number of carbonyl (C=O) groups excluding carboxylic acids is 1. The van der Waals surface area contributed by atoms with Crippen LogP contribution in [0.2, 0.25) is 0 Å². The summed E-state index contributed by atoms with van der Waals surface area (Å²) in [7, 11) is 0. The molecule has 0 spiro atoms. The third-order valence-electron chi connectivity index (χ3n) is 6.13. The van der Waals surface area contributed by atoms with Crippen molar-refractivity contribution in [3.05, 3.63) is 0 Å². The summed E-state index contributed by atoms with van der Waals surface area (Å²) in [4.78, 5) is 11.7. The standard InChI is InChI=1S/C27H56N2O/c1-3-5-7-9-11-12-13-14-15-16-17-18-19-20-22-24-26-29-27(30)28-25-23-21-10-8-6-4-2/h3-26H2,1-2H3,(H2,28,29,30). The predicted molar refractivity (Wildman–Crippen MR) is 134 cm³/mol. The van der Waals surface area contributed by atoms with E-state index in [0.717, 1.165) is 25.9 Å². The van der Waals surface area contributed by atoms with Crippen LogP contribution in [0.1, 0.15) is 155 Å². The van der Waals surface area contributed by atoms with Crippen LogP contribution in [-0.2, 0) is 0 Å². The number of carbonyl (C=O) groups is 1. The Morgan fingerprint density at radius 1 is 0.400 bits per heavy atom. The van der Waals surface area contributed by atoms with Crippen molar-refractivity contribution in [3.8, 4) is 0 Å². The first-order valence-electron chi connectivity index (χ1n) is 13.8. The van der Waals surface area contributed by atoms with Crippen molar-refractivity contribution in [2.45, 2.75) is 155 Å². The molecule has 0 atom stereocenters. The van der Waals surface area contributed by atoms with E-state index in [1.165, 1.54) is 128 Å². The first-order valence-corrected chi connectivity index (χ1v) is 13.8. The summed E-state index contributed by atoms with van der Waals surface area (Å²) >= 11 is 0. The molecule has 3 heteroatoms. The van der Waals surface area contributed by atoms with E-state index in [2.05, 4.69) is 24.5 Å². The molecule has 0 rings (SSSR count). The normalized spacial score (nSPS) is 11.0. The molecule has 30 heavy (non-hydrogen) atoms. The maximum absolute atomic E-state index is 11.7. The third-order valence-corrected chi connectivity index (χ3v) is 6.13. The van der Waals surface area contributed by atoms with Crippen LogP contribution >= 0.6 is 0 Å². The van der Waals surface area contributed by atoms with Gasteiger partial charge >= 0.3 is 6.03 Å². The van der Waals surface area contributed by atoms with Gasteiger partial charge in [-0.3, -0.25) is 0 Å². The van der Waals surface area contributed by atoms with E-state index >= 15 is 0 Å². The van der Waals surface area contributed by atoms with Gasteiger partial charge in [0, 0.05) is 13.1 Å². The average Bonchev–Trinajstić information content (AvgIpc) is 2.75. The largest absolute Gasteiger partial charge is 0.338 e. The predicted octanol–water partition coefficient (Wildman–Crippen LogP) is 8.91. The van der Waals surface area contributed by atoms with Crippen LogP contribution in [0.4, 0.5) is 4.79 Å². The molecular formula is C27H56N2O. The molecule has 2 N–H and O–H groups in total. The van der Waals surface area contributed by atoms with Crippen molar-refractivity contribution in [2.75, 3.05) is 13.1 Å². The highest BCUT2D eigenvalue weighted by atomic mass is 16.2. The molecule has 0 aliphatic carbocycles. The van der Waals surface area contributed by atoms with Gasteiger partial charge in [0.2, 0.25) is 0 Å². The van der Waals surface area contributed by atoms with Gasteiger partial charge < -0.3 is 10.6 Å². The number of urea groups is 1. The summed E-state index contributed by atoms with van der Waals surface area (Å²) in [5.41, 5.74) is 0. The lowest BCUT2D eigenvalue weighted by molar-refractivity contribution is 0.240. The van der Waals surface area contributed by atoms with Crippen LogP contribution in [0.3, 0.4) is 0 Å². The van der Waals surface area contributed by atoms with Crippen molar-refractivity contribution in [2.24, 2.45) is 0 Å². The first kappa shape index (κ1) is 29.3. The van der Waals surface area contributed by atoms with E-state index in [-0.39, 0.29) is 6.03 Å². The zero-order valence-corrected chi connectivity index (χ0v) is 20.9. The Labute approximate surface area is 189 Å². The summed E-state index contributed by atoms with van der Waals surface area (Å²) in [6.45, 7) is 6.17. The first-order chi connectivity index (χ1) is 14.8. The van der Waals surface area contributed by atoms with Gasteiger partial charge in [-0.2, -0.15) is 0 Å². The number of hydrogen-bond acceptors (Lipinski definition) is 1. The van der Waals surface area contributed by atoms with Gasteiger partial charge in [0.15, 0.2) is 0 Å². The second kappa shape index (κ2) is 26.3. The molecule has 0 saturated heterocycles. The Balaban J connectivity index is 3.11. The zero-order chi connectivity index (χ0) is 22.0. The van der Waals surface area contributed by atoms with Crippen molar-refractivity contribution in [1.82, 2.24) is 10.6 Å². The number of nitrogens with one attached hydrogen (secondary N) is 2.